The first kappa shape index (κ1) is 24.9. The number of ether oxygens (including phenoxy) is 1. The molecule has 2 aromatic rings. The largest absolute Gasteiger partial charge is 0.477 e. The van der Waals surface area contributed by atoms with Gasteiger partial charge in [-0.05, 0) is 26.0 Å². The molecule has 0 aliphatic carbocycles. The molecule has 3 N–H and O–H groups in total. The molecule has 2 heterocycles. The van der Waals surface area contributed by atoms with Crippen LogP contribution in [0.15, 0.2) is 12.1 Å². The molecule has 0 fully saturated rings. The number of rotatable bonds is 6. The Morgan fingerprint density at radius 2 is 1.28 bits per heavy atom. The molecule has 0 unspecified atom stereocenters. The minimum atomic E-state index is -3.43. The predicted octanol–water partition coefficient (Wildman–Crippen LogP) is 2.34. The van der Waals surface area contributed by atoms with E-state index in [0.29, 0.717) is 0 Å². The lowest BCUT2D eigenvalue weighted by molar-refractivity contribution is 0.0606. The van der Waals surface area contributed by atoms with Crippen molar-refractivity contribution in [2.24, 2.45) is 0 Å². The second-order valence-corrected chi connectivity index (χ2v) is 11.8. The van der Waals surface area contributed by atoms with Crippen molar-refractivity contribution in [1.29, 1.82) is 0 Å². The SMILES string of the molecule is COC(=O)c1sc(C)cc1NS(C)(=O)=O.Cc1cc(NS(C)(=O)=O)c(C(=O)O)s1. The Balaban J connectivity index is 0.000000291. The van der Waals surface area contributed by atoms with E-state index in [1.807, 2.05) is 0 Å². The number of hydrogen-bond donors (Lipinski definition) is 3. The summed E-state index contributed by atoms with van der Waals surface area (Å²) in [4.78, 5) is 23.8. The zero-order valence-electron chi connectivity index (χ0n) is 16.1. The second-order valence-electron chi connectivity index (χ2n) is 5.74. The zero-order valence-corrected chi connectivity index (χ0v) is 19.4. The van der Waals surface area contributed by atoms with Crippen LogP contribution in [0.1, 0.15) is 29.1 Å². The molecule has 0 aliphatic heterocycles. The number of methoxy groups -OCH3 is 1. The van der Waals surface area contributed by atoms with Crippen molar-refractivity contribution in [2.75, 3.05) is 29.1 Å². The number of hydrogen-bond acceptors (Lipinski definition) is 9. The molecule has 162 valence electrons. The van der Waals surface area contributed by atoms with Gasteiger partial charge in [0.25, 0.3) is 0 Å². The van der Waals surface area contributed by atoms with Gasteiger partial charge in [-0.1, -0.05) is 0 Å². The third-order valence-corrected chi connectivity index (χ3v) is 6.12. The van der Waals surface area contributed by atoms with E-state index in [4.69, 9.17) is 5.11 Å². The molecule has 29 heavy (non-hydrogen) atoms. The van der Waals surface area contributed by atoms with Crippen LogP contribution in [0.4, 0.5) is 11.4 Å². The number of carbonyl (C=O) groups is 2. The summed E-state index contributed by atoms with van der Waals surface area (Å²) >= 11 is 2.22. The lowest BCUT2D eigenvalue weighted by atomic mass is 10.4. The van der Waals surface area contributed by atoms with Crippen molar-refractivity contribution in [3.63, 3.8) is 0 Å². The quantitative estimate of drug-likeness (QED) is 0.528. The standard InChI is InChI=1S/C8H11NO4S2.C7H9NO4S2/c1-5-4-6(9-15(3,11)12)7(14-5)8(10)13-2;1-4-3-5(8-14(2,11)12)6(13-4)7(9)10/h4,9H,1-3H3;3,8H,1-2H3,(H,9,10). The number of esters is 1. The van der Waals surface area contributed by atoms with E-state index in [2.05, 4.69) is 14.2 Å². The topological polar surface area (TPSA) is 156 Å². The Kier molecular flexibility index (Phi) is 8.20. The number of thiophene rings is 2. The summed E-state index contributed by atoms with van der Waals surface area (Å²) in [5.74, 6) is -1.67. The van der Waals surface area contributed by atoms with Gasteiger partial charge in [0.1, 0.15) is 9.75 Å². The second kappa shape index (κ2) is 9.56. The van der Waals surface area contributed by atoms with Crippen LogP contribution in [-0.4, -0.2) is 53.5 Å². The maximum Gasteiger partial charge on any atom is 0.350 e. The summed E-state index contributed by atoms with van der Waals surface area (Å²) in [6.07, 6.45) is 2.01. The van der Waals surface area contributed by atoms with Gasteiger partial charge in [0.15, 0.2) is 0 Å². The van der Waals surface area contributed by atoms with Crippen LogP contribution in [0.25, 0.3) is 0 Å². The van der Waals surface area contributed by atoms with Crippen LogP contribution in [0, 0.1) is 13.8 Å². The molecule has 0 radical (unpaired) electrons. The number of carboxylic acid groups (broad SMARTS) is 1. The molecular weight excluding hydrogens is 464 g/mol. The molecular formula is C15H20N2O8S4. The van der Waals surface area contributed by atoms with Gasteiger partial charge in [-0.3, -0.25) is 9.44 Å². The van der Waals surface area contributed by atoms with E-state index in [1.54, 1.807) is 19.9 Å². The van der Waals surface area contributed by atoms with Gasteiger partial charge in [0.05, 0.1) is 31.0 Å². The van der Waals surface area contributed by atoms with Crippen LogP contribution >= 0.6 is 22.7 Å². The van der Waals surface area contributed by atoms with E-state index in [-0.39, 0.29) is 21.1 Å². The Hall–Kier alpha value is -2.16. The van der Waals surface area contributed by atoms with Crippen molar-refractivity contribution in [1.82, 2.24) is 0 Å². The lowest BCUT2D eigenvalue weighted by Gasteiger charge is -2.03. The van der Waals surface area contributed by atoms with Gasteiger partial charge in [0.2, 0.25) is 20.0 Å². The van der Waals surface area contributed by atoms with E-state index in [1.165, 1.54) is 24.5 Å². The summed E-state index contributed by atoms with van der Waals surface area (Å²) in [5.41, 5.74) is 0.398. The smallest absolute Gasteiger partial charge is 0.350 e. The number of carboxylic acids is 1. The number of anilines is 2. The first-order valence-electron chi connectivity index (χ1n) is 7.61. The average molecular weight is 485 g/mol. The normalized spacial score (nSPS) is 11.2. The van der Waals surface area contributed by atoms with Crippen molar-refractivity contribution < 1.29 is 36.3 Å². The van der Waals surface area contributed by atoms with E-state index >= 15 is 0 Å². The van der Waals surface area contributed by atoms with Crippen LogP contribution in [0.2, 0.25) is 0 Å². The molecule has 0 bridgehead atoms. The van der Waals surface area contributed by atoms with Crippen LogP contribution in [0.3, 0.4) is 0 Å². The number of nitrogens with one attached hydrogen (secondary N) is 2. The highest BCUT2D eigenvalue weighted by atomic mass is 32.2. The number of aromatic carboxylic acids is 1. The summed E-state index contributed by atoms with van der Waals surface area (Å²) in [5, 5.41) is 8.75. The van der Waals surface area contributed by atoms with Crippen LogP contribution in [-0.2, 0) is 24.8 Å². The Labute approximate surface area is 176 Å². The fourth-order valence-electron chi connectivity index (χ4n) is 1.98. The van der Waals surface area contributed by atoms with E-state index in [0.717, 1.165) is 33.6 Å². The van der Waals surface area contributed by atoms with Crippen molar-refractivity contribution >= 4 is 66.0 Å². The predicted molar refractivity (Wildman–Crippen MR) is 113 cm³/mol. The van der Waals surface area contributed by atoms with Crippen LogP contribution in [0.5, 0.6) is 0 Å². The van der Waals surface area contributed by atoms with Crippen molar-refractivity contribution in [2.45, 2.75) is 13.8 Å². The molecule has 2 aromatic heterocycles. The van der Waals surface area contributed by atoms with Crippen molar-refractivity contribution in [3.8, 4) is 0 Å². The molecule has 0 saturated heterocycles. The number of carbonyl (C=O) groups excluding carboxylic acids is 1. The van der Waals surface area contributed by atoms with Crippen LogP contribution < -0.4 is 9.44 Å². The van der Waals surface area contributed by atoms with Gasteiger partial charge < -0.3 is 9.84 Å². The zero-order chi connectivity index (χ0) is 22.6. The Bertz CT molecular complexity index is 1110. The molecule has 0 aromatic carbocycles. The molecule has 10 nitrogen and oxygen atoms in total. The molecule has 2 rings (SSSR count). The first-order valence-corrected chi connectivity index (χ1v) is 13.0. The molecule has 0 amide bonds. The number of sulfonamides is 2. The summed E-state index contributed by atoms with van der Waals surface area (Å²) in [6.45, 7) is 3.50. The van der Waals surface area contributed by atoms with Gasteiger partial charge >= 0.3 is 11.9 Å². The molecule has 0 aliphatic rings. The van der Waals surface area contributed by atoms with E-state index in [9.17, 15) is 26.4 Å². The Morgan fingerprint density at radius 1 is 0.897 bits per heavy atom. The fraction of sp³-hybridized carbons (Fsp3) is 0.333. The minimum Gasteiger partial charge on any atom is -0.477 e. The number of aryl methyl sites for hydroxylation is 2. The Morgan fingerprint density at radius 3 is 1.62 bits per heavy atom. The fourth-order valence-corrected chi connectivity index (χ4v) is 4.92. The van der Waals surface area contributed by atoms with Gasteiger partial charge in [-0.15, -0.1) is 22.7 Å². The summed E-state index contributed by atoms with van der Waals surface area (Å²) < 4.78 is 52.8. The third-order valence-electron chi connectivity index (χ3n) is 2.87. The molecule has 14 heteroatoms. The third kappa shape index (κ3) is 8.39. The first-order chi connectivity index (χ1) is 13.1. The van der Waals surface area contributed by atoms with Gasteiger partial charge in [0, 0.05) is 9.75 Å². The molecule has 0 spiro atoms. The highest BCUT2D eigenvalue weighted by Crippen LogP contribution is 2.28. The van der Waals surface area contributed by atoms with E-state index < -0.39 is 32.0 Å². The molecule has 0 saturated carbocycles. The highest BCUT2D eigenvalue weighted by Gasteiger charge is 2.18. The lowest BCUT2D eigenvalue weighted by Crippen LogP contribution is -2.12. The van der Waals surface area contributed by atoms with Gasteiger partial charge in [-0.25, -0.2) is 26.4 Å². The molecule has 0 atom stereocenters. The maximum atomic E-state index is 11.3. The maximum absolute atomic E-state index is 11.3. The van der Waals surface area contributed by atoms with Crippen molar-refractivity contribution in [3.05, 3.63) is 31.6 Å². The monoisotopic (exact) mass is 484 g/mol. The highest BCUT2D eigenvalue weighted by molar-refractivity contribution is 7.92. The van der Waals surface area contributed by atoms with Gasteiger partial charge in [-0.2, -0.15) is 0 Å². The summed E-state index contributed by atoms with van der Waals surface area (Å²) in [7, 11) is -5.55. The summed E-state index contributed by atoms with van der Waals surface area (Å²) in [6, 6.07) is 3.09. The average Bonchev–Trinajstić information content (AvgIpc) is 3.06. The minimum absolute atomic E-state index is 0.00734.